The van der Waals surface area contributed by atoms with Crippen LogP contribution in [0.15, 0.2) is 29.2 Å². The minimum atomic E-state index is -3.46. The van der Waals surface area contributed by atoms with E-state index in [-0.39, 0.29) is 5.75 Å². The van der Waals surface area contributed by atoms with E-state index in [0.717, 1.165) is 19.3 Å². The van der Waals surface area contributed by atoms with Crippen LogP contribution in [0.4, 0.5) is 4.79 Å². The summed E-state index contributed by atoms with van der Waals surface area (Å²) in [4.78, 5) is 14.0. The molecule has 5 nitrogen and oxygen atoms in total. The molecular weight excluding hydrogens is 302 g/mol. The summed E-state index contributed by atoms with van der Waals surface area (Å²) in [5.74, 6) is -0.197. The highest BCUT2D eigenvalue weighted by Gasteiger charge is 2.25. The Morgan fingerprint density at radius 3 is 2.50 bits per heavy atom. The molecule has 0 aliphatic carbocycles. The summed E-state index contributed by atoms with van der Waals surface area (Å²) >= 11 is 0. The van der Waals surface area contributed by atoms with Gasteiger partial charge in [-0.15, -0.1) is 0 Å². The third-order valence-corrected chi connectivity index (χ3v) is 5.84. The van der Waals surface area contributed by atoms with E-state index in [0.29, 0.717) is 23.5 Å². The first kappa shape index (κ1) is 16.8. The Labute approximate surface area is 132 Å². The first-order chi connectivity index (χ1) is 10.4. The van der Waals surface area contributed by atoms with Crippen molar-refractivity contribution < 1.29 is 17.9 Å². The molecule has 1 aromatic carbocycles. The predicted octanol–water partition coefficient (Wildman–Crippen LogP) is 2.78. The van der Waals surface area contributed by atoms with E-state index in [9.17, 15) is 13.2 Å². The summed E-state index contributed by atoms with van der Waals surface area (Å²) in [6.07, 6.45) is 2.00. The SMILES string of the molecule is Cc1ccccc1S(=O)(=O)CC(C)OC(=O)N1CCCCC1. The van der Waals surface area contributed by atoms with E-state index in [4.69, 9.17) is 4.74 Å². The molecule has 0 radical (unpaired) electrons. The maximum atomic E-state index is 12.4. The number of carbonyl (C=O) groups excluding carboxylic acids is 1. The molecule has 0 saturated carbocycles. The summed E-state index contributed by atoms with van der Waals surface area (Å²) in [7, 11) is -3.46. The van der Waals surface area contributed by atoms with Crippen molar-refractivity contribution in [3.05, 3.63) is 29.8 Å². The van der Waals surface area contributed by atoms with E-state index >= 15 is 0 Å². The number of piperidine rings is 1. The summed E-state index contributed by atoms with van der Waals surface area (Å²) < 4.78 is 30.1. The first-order valence-corrected chi connectivity index (χ1v) is 9.29. The van der Waals surface area contributed by atoms with Crippen LogP contribution in [0.5, 0.6) is 0 Å². The second-order valence-electron chi connectivity index (χ2n) is 5.79. The molecule has 1 fully saturated rings. The number of likely N-dealkylation sites (tertiary alicyclic amines) is 1. The molecule has 1 atom stereocenters. The predicted molar refractivity (Wildman–Crippen MR) is 84.6 cm³/mol. The maximum absolute atomic E-state index is 12.4. The van der Waals surface area contributed by atoms with Crippen molar-refractivity contribution in [1.82, 2.24) is 4.90 Å². The molecule has 6 heteroatoms. The molecule has 1 saturated heterocycles. The van der Waals surface area contributed by atoms with Crippen molar-refractivity contribution in [2.45, 2.75) is 44.1 Å². The molecule has 1 amide bonds. The van der Waals surface area contributed by atoms with Crippen LogP contribution >= 0.6 is 0 Å². The quantitative estimate of drug-likeness (QED) is 0.854. The van der Waals surface area contributed by atoms with E-state index in [1.165, 1.54) is 0 Å². The average Bonchev–Trinajstić information content (AvgIpc) is 2.47. The Bertz CT molecular complexity index is 621. The first-order valence-electron chi connectivity index (χ1n) is 7.64. The number of carbonyl (C=O) groups is 1. The topological polar surface area (TPSA) is 63.7 Å². The van der Waals surface area contributed by atoms with E-state index in [1.807, 2.05) is 0 Å². The average molecular weight is 325 g/mol. The van der Waals surface area contributed by atoms with E-state index < -0.39 is 22.0 Å². The van der Waals surface area contributed by atoms with Gasteiger partial charge in [0.25, 0.3) is 0 Å². The number of nitrogens with zero attached hydrogens (tertiary/aromatic N) is 1. The van der Waals surface area contributed by atoms with Crippen molar-refractivity contribution >= 4 is 15.9 Å². The molecule has 2 rings (SSSR count). The Hall–Kier alpha value is -1.56. The molecule has 122 valence electrons. The van der Waals surface area contributed by atoms with Gasteiger partial charge in [-0.25, -0.2) is 13.2 Å². The van der Waals surface area contributed by atoms with E-state index in [1.54, 1.807) is 43.0 Å². The Kier molecular flexibility index (Phi) is 5.45. The number of sulfone groups is 1. The highest BCUT2D eigenvalue weighted by Crippen LogP contribution is 2.18. The Balaban J connectivity index is 1.97. The maximum Gasteiger partial charge on any atom is 0.410 e. The zero-order chi connectivity index (χ0) is 16.2. The van der Waals surface area contributed by atoms with Crippen molar-refractivity contribution in [2.75, 3.05) is 18.8 Å². The third kappa shape index (κ3) is 4.22. The number of benzene rings is 1. The Morgan fingerprint density at radius 2 is 1.86 bits per heavy atom. The van der Waals surface area contributed by atoms with E-state index in [2.05, 4.69) is 0 Å². The van der Waals surface area contributed by atoms with Crippen molar-refractivity contribution in [3.8, 4) is 0 Å². The van der Waals surface area contributed by atoms with Crippen molar-refractivity contribution in [3.63, 3.8) is 0 Å². The highest BCUT2D eigenvalue weighted by molar-refractivity contribution is 7.91. The third-order valence-electron chi connectivity index (χ3n) is 3.80. The summed E-state index contributed by atoms with van der Waals surface area (Å²) in [5.41, 5.74) is 0.706. The summed E-state index contributed by atoms with van der Waals surface area (Å²) in [6.45, 7) is 4.77. The molecule has 0 bridgehead atoms. The molecule has 1 aliphatic rings. The number of ether oxygens (including phenoxy) is 1. The molecular formula is C16H23NO4S. The molecule has 0 spiro atoms. The number of hydrogen-bond donors (Lipinski definition) is 0. The molecule has 1 heterocycles. The highest BCUT2D eigenvalue weighted by atomic mass is 32.2. The second-order valence-corrected chi connectivity index (χ2v) is 7.79. The van der Waals surface area contributed by atoms with Crippen LogP contribution in [-0.4, -0.2) is 44.4 Å². The standard InChI is InChI=1S/C16H23NO4S/c1-13-8-4-5-9-15(13)22(19,20)12-14(2)21-16(18)17-10-6-3-7-11-17/h4-5,8-9,14H,3,6-7,10-12H2,1-2H3. The molecule has 0 aromatic heterocycles. The van der Waals surface area contributed by atoms with Gasteiger partial charge in [-0.1, -0.05) is 18.2 Å². The lowest BCUT2D eigenvalue weighted by atomic mass is 10.1. The van der Waals surface area contributed by atoms with Gasteiger partial charge in [-0.3, -0.25) is 0 Å². The number of amides is 1. The van der Waals surface area contributed by atoms with Crippen LogP contribution in [0.1, 0.15) is 31.7 Å². The van der Waals surface area contributed by atoms with Gasteiger partial charge in [0.1, 0.15) is 6.10 Å². The van der Waals surface area contributed by atoms with Crippen LogP contribution in [0, 0.1) is 6.92 Å². The number of hydrogen-bond acceptors (Lipinski definition) is 4. The van der Waals surface area contributed by atoms with Crippen molar-refractivity contribution in [1.29, 1.82) is 0 Å². The van der Waals surface area contributed by atoms with Crippen molar-refractivity contribution in [2.24, 2.45) is 0 Å². The number of aryl methyl sites for hydroxylation is 1. The van der Waals surface area contributed by atoms with Gasteiger partial charge < -0.3 is 9.64 Å². The molecule has 0 N–H and O–H groups in total. The fraction of sp³-hybridized carbons (Fsp3) is 0.562. The monoisotopic (exact) mass is 325 g/mol. The largest absolute Gasteiger partial charge is 0.445 e. The van der Waals surface area contributed by atoms with Gasteiger partial charge in [0.15, 0.2) is 9.84 Å². The van der Waals surface area contributed by atoms with Gasteiger partial charge in [0.2, 0.25) is 0 Å². The van der Waals surface area contributed by atoms with Crippen LogP contribution in [0.25, 0.3) is 0 Å². The lowest BCUT2D eigenvalue weighted by molar-refractivity contribution is 0.0721. The fourth-order valence-electron chi connectivity index (χ4n) is 2.66. The molecule has 1 unspecified atom stereocenters. The van der Waals surface area contributed by atoms with Gasteiger partial charge in [-0.05, 0) is 44.7 Å². The molecule has 1 aromatic rings. The minimum Gasteiger partial charge on any atom is -0.445 e. The van der Waals surface area contributed by atoms with Gasteiger partial charge in [0.05, 0.1) is 10.6 Å². The van der Waals surface area contributed by atoms with Crippen LogP contribution < -0.4 is 0 Å². The second kappa shape index (κ2) is 7.13. The van der Waals surface area contributed by atoms with Gasteiger partial charge in [0, 0.05) is 13.1 Å². The molecule has 1 aliphatic heterocycles. The van der Waals surface area contributed by atoms with Crippen LogP contribution in [-0.2, 0) is 14.6 Å². The Morgan fingerprint density at radius 1 is 1.23 bits per heavy atom. The van der Waals surface area contributed by atoms with Gasteiger partial charge >= 0.3 is 6.09 Å². The summed E-state index contributed by atoms with van der Waals surface area (Å²) in [6, 6.07) is 6.85. The fourth-order valence-corrected chi connectivity index (χ4v) is 4.37. The van der Waals surface area contributed by atoms with Crippen LogP contribution in [0.2, 0.25) is 0 Å². The smallest absolute Gasteiger partial charge is 0.410 e. The zero-order valence-electron chi connectivity index (χ0n) is 13.1. The summed E-state index contributed by atoms with van der Waals surface area (Å²) in [5, 5.41) is 0. The lowest BCUT2D eigenvalue weighted by Gasteiger charge is -2.27. The number of rotatable bonds is 4. The van der Waals surface area contributed by atoms with Gasteiger partial charge in [-0.2, -0.15) is 0 Å². The lowest BCUT2D eigenvalue weighted by Crippen LogP contribution is -2.38. The zero-order valence-corrected chi connectivity index (χ0v) is 13.9. The minimum absolute atomic E-state index is 0.197. The normalized spacial score (nSPS) is 17.1. The van der Waals surface area contributed by atoms with Crippen LogP contribution in [0.3, 0.4) is 0 Å². The molecule has 22 heavy (non-hydrogen) atoms.